The molecule has 1 aromatic carbocycles. The predicted molar refractivity (Wildman–Crippen MR) is 91.9 cm³/mol. The Balaban J connectivity index is 1.31. The minimum atomic E-state index is 0.234. The Morgan fingerprint density at radius 1 is 1.00 bits per heavy atom. The Hall–Kier alpha value is -1.61. The van der Waals surface area contributed by atoms with Crippen LogP contribution in [0.3, 0.4) is 0 Å². The van der Waals surface area contributed by atoms with Crippen LogP contribution in [-0.2, 0) is 11.3 Å². The fourth-order valence-electron chi connectivity index (χ4n) is 4.43. The van der Waals surface area contributed by atoms with Crippen molar-refractivity contribution in [2.24, 2.45) is 17.8 Å². The van der Waals surface area contributed by atoms with E-state index in [0.717, 1.165) is 45.6 Å². The lowest BCUT2D eigenvalue weighted by Gasteiger charge is -2.24. The molecule has 2 heterocycles. The third-order valence-corrected chi connectivity index (χ3v) is 5.76. The summed E-state index contributed by atoms with van der Waals surface area (Å²) in [5, 5.41) is 0. The van der Waals surface area contributed by atoms with E-state index in [-0.39, 0.29) is 5.92 Å². The summed E-state index contributed by atoms with van der Waals surface area (Å²) in [5.41, 5.74) is 2.73. The van der Waals surface area contributed by atoms with Crippen molar-refractivity contribution < 1.29 is 4.79 Å². The number of hydrogen-bond acceptors (Lipinski definition) is 2. The van der Waals surface area contributed by atoms with Gasteiger partial charge in [-0.3, -0.25) is 9.69 Å². The highest BCUT2D eigenvalue weighted by atomic mass is 16.2. The topological polar surface area (TPSA) is 23.6 Å². The molecule has 122 valence electrons. The maximum absolute atomic E-state index is 12.6. The zero-order valence-electron chi connectivity index (χ0n) is 13.9. The zero-order chi connectivity index (χ0) is 15.8. The summed E-state index contributed by atoms with van der Waals surface area (Å²) in [6.07, 6.45) is 6.21. The molecule has 0 unspecified atom stereocenters. The summed E-state index contributed by atoms with van der Waals surface area (Å²) in [6, 6.07) is 8.88. The lowest BCUT2D eigenvalue weighted by atomic mass is 10.0. The van der Waals surface area contributed by atoms with Gasteiger partial charge in [0.25, 0.3) is 0 Å². The van der Waals surface area contributed by atoms with Crippen molar-refractivity contribution in [3.63, 3.8) is 0 Å². The molecule has 23 heavy (non-hydrogen) atoms. The molecule has 0 saturated carbocycles. The van der Waals surface area contributed by atoms with Gasteiger partial charge in [-0.25, -0.2) is 0 Å². The zero-order valence-corrected chi connectivity index (χ0v) is 13.9. The fraction of sp³-hybridized carbons (Fsp3) is 0.550. The Morgan fingerprint density at radius 2 is 1.61 bits per heavy atom. The second kappa shape index (κ2) is 6.12. The molecular weight excluding hydrogens is 284 g/mol. The lowest BCUT2D eigenvalue weighted by Crippen LogP contribution is -2.36. The molecule has 3 heteroatoms. The van der Waals surface area contributed by atoms with Gasteiger partial charge in [0.05, 0.1) is 0 Å². The van der Waals surface area contributed by atoms with E-state index in [1.54, 1.807) is 0 Å². The second-order valence-corrected chi connectivity index (χ2v) is 7.58. The molecule has 1 amide bonds. The van der Waals surface area contributed by atoms with Crippen molar-refractivity contribution in [1.82, 2.24) is 9.80 Å². The first-order valence-electron chi connectivity index (χ1n) is 8.91. The van der Waals surface area contributed by atoms with Crippen molar-refractivity contribution in [3.8, 4) is 0 Å². The third kappa shape index (κ3) is 3.07. The molecule has 2 aliphatic heterocycles. The summed E-state index contributed by atoms with van der Waals surface area (Å²) in [7, 11) is 0. The number of allylic oxidation sites excluding steroid dienone is 2. The minimum Gasteiger partial charge on any atom is -0.342 e. The molecule has 2 saturated heterocycles. The van der Waals surface area contributed by atoms with Crippen LogP contribution in [0, 0.1) is 24.7 Å². The number of carbonyl (C=O) groups is 1. The predicted octanol–water partition coefficient (Wildman–Crippen LogP) is 2.85. The van der Waals surface area contributed by atoms with Crippen LogP contribution >= 0.6 is 0 Å². The molecule has 4 rings (SSSR count). The molecule has 3 nitrogen and oxygen atoms in total. The first-order chi connectivity index (χ1) is 11.2. The number of hydrogen-bond donors (Lipinski definition) is 0. The molecule has 0 bridgehead atoms. The number of nitrogens with zero attached hydrogens (tertiary/aromatic N) is 2. The van der Waals surface area contributed by atoms with Gasteiger partial charge in [-0.1, -0.05) is 42.0 Å². The molecule has 1 aliphatic carbocycles. The van der Waals surface area contributed by atoms with Crippen LogP contribution in [0.5, 0.6) is 0 Å². The molecule has 3 aliphatic rings. The monoisotopic (exact) mass is 310 g/mol. The summed E-state index contributed by atoms with van der Waals surface area (Å²) >= 11 is 0. The van der Waals surface area contributed by atoms with Gasteiger partial charge in [-0.2, -0.15) is 0 Å². The number of aryl methyl sites for hydroxylation is 1. The molecule has 0 N–H and O–H groups in total. The summed E-state index contributed by atoms with van der Waals surface area (Å²) < 4.78 is 0. The number of likely N-dealkylation sites (tertiary alicyclic amines) is 2. The number of benzene rings is 1. The lowest BCUT2D eigenvalue weighted by molar-refractivity contribution is -0.134. The normalized spacial score (nSPS) is 27.8. The van der Waals surface area contributed by atoms with Crippen molar-refractivity contribution in [3.05, 3.63) is 47.5 Å². The van der Waals surface area contributed by atoms with E-state index in [1.165, 1.54) is 11.1 Å². The molecule has 0 spiro atoms. The Labute approximate surface area is 139 Å². The van der Waals surface area contributed by atoms with E-state index < -0.39 is 0 Å². The molecular formula is C20H26N2O. The van der Waals surface area contributed by atoms with E-state index in [9.17, 15) is 4.79 Å². The molecule has 0 radical (unpaired) electrons. The van der Waals surface area contributed by atoms with Crippen LogP contribution in [0.4, 0.5) is 0 Å². The van der Waals surface area contributed by atoms with Crippen molar-refractivity contribution in [2.75, 3.05) is 26.2 Å². The van der Waals surface area contributed by atoms with Crippen LogP contribution in [0.25, 0.3) is 0 Å². The van der Waals surface area contributed by atoms with Gasteiger partial charge in [0.1, 0.15) is 0 Å². The van der Waals surface area contributed by atoms with Crippen molar-refractivity contribution >= 4 is 5.91 Å². The highest BCUT2D eigenvalue weighted by Gasteiger charge is 2.42. The standard InChI is InChI=1S/C20H26N2O/c1-15-6-8-16(9-7-15)10-21-11-18-13-22(14-19(18)12-21)20(23)17-4-2-3-5-17/h2-3,6-9,17-19H,4-5,10-14H2,1H3/t18-,19+. The van der Waals surface area contributed by atoms with Gasteiger partial charge >= 0.3 is 0 Å². The molecule has 2 fully saturated rings. The number of amides is 1. The largest absolute Gasteiger partial charge is 0.342 e. The smallest absolute Gasteiger partial charge is 0.226 e. The highest BCUT2D eigenvalue weighted by molar-refractivity contribution is 5.80. The van der Waals surface area contributed by atoms with Crippen LogP contribution in [-0.4, -0.2) is 41.9 Å². The van der Waals surface area contributed by atoms with E-state index in [1.807, 2.05) is 0 Å². The number of fused-ring (bicyclic) bond motifs is 1. The minimum absolute atomic E-state index is 0.234. The average Bonchev–Trinajstić information content (AvgIpc) is 3.24. The van der Waals surface area contributed by atoms with Crippen LogP contribution < -0.4 is 0 Å². The third-order valence-electron chi connectivity index (χ3n) is 5.76. The second-order valence-electron chi connectivity index (χ2n) is 7.58. The van der Waals surface area contributed by atoms with Gasteiger partial charge < -0.3 is 4.90 Å². The van der Waals surface area contributed by atoms with Gasteiger partial charge in [0.2, 0.25) is 5.91 Å². The van der Waals surface area contributed by atoms with Gasteiger partial charge in [-0.15, -0.1) is 0 Å². The van der Waals surface area contributed by atoms with Gasteiger partial charge in [0.15, 0.2) is 0 Å². The quantitative estimate of drug-likeness (QED) is 0.802. The maximum Gasteiger partial charge on any atom is 0.226 e. The maximum atomic E-state index is 12.6. The van der Waals surface area contributed by atoms with E-state index >= 15 is 0 Å². The van der Waals surface area contributed by atoms with Crippen LogP contribution in [0.15, 0.2) is 36.4 Å². The van der Waals surface area contributed by atoms with Gasteiger partial charge in [-0.05, 0) is 37.2 Å². The van der Waals surface area contributed by atoms with E-state index in [4.69, 9.17) is 0 Å². The van der Waals surface area contributed by atoms with Crippen molar-refractivity contribution in [1.29, 1.82) is 0 Å². The fourth-order valence-corrected chi connectivity index (χ4v) is 4.43. The SMILES string of the molecule is Cc1ccc(CN2C[C@@H]3CN(C(=O)C4CC=CC4)C[C@@H]3C2)cc1. The van der Waals surface area contributed by atoms with Crippen LogP contribution in [0.2, 0.25) is 0 Å². The van der Waals surface area contributed by atoms with Crippen molar-refractivity contribution in [2.45, 2.75) is 26.3 Å². The molecule has 2 atom stereocenters. The first-order valence-corrected chi connectivity index (χ1v) is 8.91. The Kier molecular flexibility index (Phi) is 3.98. The Morgan fingerprint density at radius 3 is 2.22 bits per heavy atom. The van der Waals surface area contributed by atoms with Gasteiger partial charge in [0, 0.05) is 38.6 Å². The Bertz CT molecular complexity index is 585. The summed E-state index contributed by atoms with van der Waals surface area (Å²) in [6.45, 7) is 7.43. The number of rotatable bonds is 3. The molecule has 1 aromatic rings. The number of carbonyl (C=O) groups excluding carboxylic acids is 1. The van der Waals surface area contributed by atoms with E-state index in [2.05, 4.69) is 53.1 Å². The van der Waals surface area contributed by atoms with E-state index in [0.29, 0.717) is 17.7 Å². The summed E-state index contributed by atoms with van der Waals surface area (Å²) in [4.78, 5) is 17.3. The average molecular weight is 310 g/mol. The molecule has 0 aromatic heterocycles. The highest BCUT2D eigenvalue weighted by Crippen LogP contribution is 2.33. The van der Waals surface area contributed by atoms with Crippen LogP contribution in [0.1, 0.15) is 24.0 Å². The summed E-state index contributed by atoms with van der Waals surface area (Å²) in [5.74, 6) is 1.99. The first kappa shape index (κ1) is 14.9.